The van der Waals surface area contributed by atoms with Crippen molar-refractivity contribution in [1.82, 2.24) is 0 Å². The number of aryl methyl sites for hydroxylation is 1. The molecule has 2 unspecified atom stereocenters. The highest BCUT2D eigenvalue weighted by atomic mass is 32.1. The maximum atomic E-state index is 6.02. The second-order valence-electron chi connectivity index (χ2n) is 4.01. The van der Waals surface area contributed by atoms with Crippen molar-refractivity contribution in [3.8, 4) is 0 Å². The highest BCUT2D eigenvalue weighted by molar-refractivity contribution is 7.10. The van der Waals surface area contributed by atoms with E-state index in [1.54, 1.807) is 4.88 Å². The lowest BCUT2D eigenvalue weighted by Crippen LogP contribution is -2.24. The van der Waals surface area contributed by atoms with Crippen molar-refractivity contribution < 1.29 is 0 Å². The number of nitrogens with two attached hydrogens (primary N) is 1. The lowest BCUT2D eigenvalue weighted by molar-refractivity contribution is 0.518. The molecule has 2 heteroatoms. The molecule has 2 rings (SSSR count). The van der Waals surface area contributed by atoms with Crippen LogP contribution in [-0.4, -0.2) is 6.04 Å². The zero-order valence-corrected chi connectivity index (χ0v) is 8.94. The van der Waals surface area contributed by atoms with Crippen LogP contribution in [0.3, 0.4) is 0 Å². The Kier molecular flexibility index (Phi) is 2.70. The van der Waals surface area contributed by atoms with Gasteiger partial charge in [0.05, 0.1) is 0 Å². The van der Waals surface area contributed by atoms with Crippen molar-refractivity contribution in [2.24, 2.45) is 5.73 Å². The van der Waals surface area contributed by atoms with Crippen molar-refractivity contribution in [3.05, 3.63) is 21.9 Å². The molecular formula is C11H17NS. The van der Waals surface area contributed by atoms with Gasteiger partial charge in [0.1, 0.15) is 0 Å². The number of hydrogen-bond acceptors (Lipinski definition) is 2. The van der Waals surface area contributed by atoms with E-state index < -0.39 is 0 Å². The van der Waals surface area contributed by atoms with E-state index >= 15 is 0 Å². The summed E-state index contributed by atoms with van der Waals surface area (Å²) in [5.74, 6) is 0.615. The van der Waals surface area contributed by atoms with Crippen molar-refractivity contribution >= 4 is 11.3 Å². The molecule has 0 bridgehead atoms. The van der Waals surface area contributed by atoms with E-state index in [2.05, 4.69) is 18.4 Å². The van der Waals surface area contributed by atoms with Crippen LogP contribution in [0.2, 0.25) is 0 Å². The predicted octanol–water partition coefficient (Wildman–Crippen LogP) is 2.91. The monoisotopic (exact) mass is 195 g/mol. The summed E-state index contributed by atoms with van der Waals surface area (Å²) in [5, 5.41) is 2.21. The molecule has 1 aliphatic rings. The van der Waals surface area contributed by atoms with E-state index in [0.717, 1.165) is 0 Å². The van der Waals surface area contributed by atoms with Crippen LogP contribution in [0, 0.1) is 0 Å². The molecule has 1 aromatic rings. The van der Waals surface area contributed by atoms with Gasteiger partial charge in [-0.3, -0.25) is 0 Å². The lowest BCUT2D eigenvalue weighted by Gasteiger charge is -2.18. The fourth-order valence-corrected chi connectivity index (χ4v) is 3.23. The average molecular weight is 195 g/mol. The first-order valence-electron chi connectivity index (χ1n) is 5.11. The summed E-state index contributed by atoms with van der Waals surface area (Å²) in [4.78, 5) is 1.58. The first kappa shape index (κ1) is 9.22. The molecular weight excluding hydrogens is 178 g/mol. The Hall–Kier alpha value is -0.340. The fraction of sp³-hybridized carbons (Fsp3) is 0.636. The topological polar surface area (TPSA) is 26.0 Å². The molecule has 0 aliphatic heterocycles. The summed E-state index contributed by atoms with van der Waals surface area (Å²) >= 11 is 1.90. The van der Waals surface area contributed by atoms with Gasteiger partial charge < -0.3 is 5.73 Å². The molecule has 13 heavy (non-hydrogen) atoms. The summed E-state index contributed by atoms with van der Waals surface area (Å²) in [7, 11) is 0. The van der Waals surface area contributed by atoms with Crippen molar-refractivity contribution in [1.29, 1.82) is 0 Å². The maximum Gasteiger partial charge on any atom is 0.00806 e. The molecule has 2 atom stereocenters. The molecule has 0 fully saturated rings. The van der Waals surface area contributed by atoms with Gasteiger partial charge in [-0.25, -0.2) is 0 Å². The molecule has 0 amide bonds. The van der Waals surface area contributed by atoms with Crippen LogP contribution in [-0.2, 0) is 6.42 Å². The largest absolute Gasteiger partial charge is 0.327 e. The maximum absolute atomic E-state index is 6.02. The predicted molar refractivity (Wildman–Crippen MR) is 58.3 cm³/mol. The van der Waals surface area contributed by atoms with Crippen LogP contribution in [0.5, 0.6) is 0 Å². The van der Waals surface area contributed by atoms with E-state index in [-0.39, 0.29) is 0 Å². The average Bonchev–Trinajstić information content (AvgIpc) is 2.44. The van der Waals surface area contributed by atoms with Gasteiger partial charge in [0.15, 0.2) is 0 Å². The van der Waals surface area contributed by atoms with Gasteiger partial charge in [-0.1, -0.05) is 6.42 Å². The van der Waals surface area contributed by atoms with Crippen molar-refractivity contribution in [2.45, 2.75) is 44.6 Å². The van der Waals surface area contributed by atoms with Gasteiger partial charge in [0, 0.05) is 10.9 Å². The van der Waals surface area contributed by atoms with E-state index in [4.69, 9.17) is 5.73 Å². The van der Waals surface area contributed by atoms with Crippen molar-refractivity contribution in [2.75, 3.05) is 0 Å². The van der Waals surface area contributed by atoms with Crippen LogP contribution >= 0.6 is 11.3 Å². The second kappa shape index (κ2) is 3.81. The van der Waals surface area contributed by atoms with Gasteiger partial charge in [-0.05, 0) is 49.1 Å². The third-order valence-corrected chi connectivity index (χ3v) is 3.98. The SMILES string of the molecule is CC(N)C1CCCCc2sccc21. The highest BCUT2D eigenvalue weighted by Gasteiger charge is 2.22. The standard InChI is InChI=1S/C11H17NS/c1-8(12)9-4-2-3-5-11-10(9)6-7-13-11/h6-9H,2-5,12H2,1H3. The number of hydrogen-bond donors (Lipinski definition) is 1. The number of thiophene rings is 1. The Labute approximate surface area is 84.0 Å². The molecule has 1 aromatic heterocycles. The molecule has 1 heterocycles. The van der Waals surface area contributed by atoms with Crippen molar-refractivity contribution in [3.63, 3.8) is 0 Å². The molecule has 2 N–H and O–H groups in total. The van der Waals surface area contributed by atoms with Gasteiger partial charge in [0.25, 0.3) is 0 Å². The fourth-order valence-electron chi connectivity index (χ4n) is 2.24. The van der Waals surface area contributed by atoms with Crippen LogP contribution in [0.1, 0.15) is 42.5 Å². The van der Waals surface area contributed by atoms with Gasteiger partial charge in [-0.15, -0.1) is 11.3 Å². The van der Waals surface area contributed by atoms with Crippen LogP contribution < -0.4 is 5.73 Å². The van der Waals surface area contributed by atoms with E-state index in [0.29, 0.717) is 12.0 Å². The number of rotatable bonds is 1. The Morgan fingerprint density at radius 2 is 2.38 bits per heavy atom. The molecule has 0 radical (unpaired) electrons. The normalized spacial score (nSPS) is 24.9. The highest BCUT2D eigenvalue weighted by Crippen LogP contribution is 2.34. The minimum absolute atomic E-state index is 0.312. The Bertz CT molecular complexity index is 277. The van der Waals surface area contributed by atoms with Gasteiger partial charge >= 0.3 is 0 Å². The third kappa shape index (κ3) is 1.79. The summed E-state index contributed by atoms with van der Waals surface area (Å²) in [5.41, 5.74) is 7.55. The Morgan fingerprint density at radius 3 is 3.15 bits per heavy atom. The van der Waals surface area contributed by atoms with E-state index in [9.17, 15) is 0 Å². The summed E-state index contributed by atoms with van der Waals surface area (Å²) in [6.07, 6.45) is 5.24. The van der Waals surface area contributed by atoms with Gasteiger partial charge in [0.2, 0.25) is 0 Å². The first-order valence-corrected chi connectivity index (χ1v) is 5.99. The minimum atomic E-state index is 0.312. The molecule has 72 valence electrons. The second-order valence-corrected chi connectivity index (χ2v) is 5.01. The summed E-state index contributed by atoms with van der Waals surface area (Å²) in [6, 6.07) is 2.59. The van der Waals surface area contributed by atoms with Gasteiger partial charge in [-0.2, -0.15) is 0 Å². The molecule has 1 aliphatic carbocycles. The number of fused-ring (bicyclic) bond motifs is 1. The zero-order valence-electron chi connectivity index (χ0n) is 8.12. The molecule has 0 aromatic carbocycles. The van der Waals surface area contributed by atoms with E-state index in [1.807, 2.05) is 11.3 Å². The Balaban J connectivity index is 2.30. The van der Waals surface area contributed by atoms with E-state index in [1.165, 1.54) is 31.2 Å². The molecule has 0 saturated heterocycles. The molecule has 0 spiro atoms. The molecule has 1 nitrogen and oxygen atoms in total. The van der Waals surface area contributed by atoms with Crippen LogP contribution in [0.4, 0.5) is 0 Å². The zero-order chi connectivity index (χ0) is 9.26. The smallest absolute Gasteiger partial charge is 0.00806 e. The molecule has 0 saturated carbocycles. The third-order valence-electron chi connectivity index (χ3n) is 2.98. The summed E-state index contributed by atoms with van der Waals surface area (Å²) < 4.78 is 0. The minimum Gasteiger partial charge on any atom is -0.327 e. The van der Waals surface area contributed by atoms with Crippen LogP contribution in [0.15, 0.2) is 11.4 Å². The van der Waals surface area contributed by atoms with Crippen LogP contribution in [0.25, 0.3) is 0 Å². The summed E-state index contributed by atoms with van der Waals surface area (Å²) in [6.45, 7) is 2.14. The Morgan fingerprint density at radius 1 is 1.54 bits per heavy atom. The quantitative estimate of drug-likeness (QED) is 0.685. The first-order chi connectivity index (χ1) is 6.29. The lowest BCUT2D eigenvalue weighted by atomic mass is 9.91.